The van der Waals surface area contributed by atoms with Crippen LogP contribution >= 0.6 is 23.4 Å². The van der Waals surface area contributed by atoms with Crippen molar-refractivity contribution in [2.75, 3.05) is 11.1 Å². The van der Waals surface area contributed by atoms with Crippen molar-refractivity contribution in [3.8, 4) is 0 Å². The molecule has 1 saturated carbocycles. The number of carbonyl (C=O) groups is 1. The zero-order valence-electron chi connectivity index (χ0n) is 13.7. The summed E-state index contributed by atoms with van der Waals surface area (Å²) in [6.07, 6.45) is 3.86. The number of anilines is 1. The third kappa shape index (κ3) is 2.97. The van der Waals surface area contributed by atoms with E-state index < -0.39 is 11.4 Å². The number of aromatic nitrogens is 1. The number of hydrogen-bond acceptors (Lipinski definition) is 6. The number of oxazole rings is 1. The molecule has 0 spiro atoms. The molecule has 1 aromatic heterocycles. The molecule has 1 amide bonds. The second kappa shape index (κ2) is 6.59. The molecular weight excluding hydrogens is 379 g/mol. The second-order valence-corrected chi connectivity index (χ2v) is 7.77. The molecule has 2 aliphatic rings. The highest BCUT2D eigenvalue weighted by molar-refractivity contribution is 8.13. The maximum absolute atomic E-state index is 14.7. The van der Waals surface area contributed by atoms with Crippen molar-refractivity contribution >= 4 is 40.1 Å². The van der Waals surface area contributed by atoms with E-state index in [4.69, 9.17) is 21.8 Å². The molecule has 0 bridgehead atoms. The summed E-state index contributed by atoms with van der Waals surface area (Å²) in [6, 6.07) is 4.49. The Kier molecular flexibility index (Phi) is 4.40. The maximum atomic E-state index is 14.7. The zero-order valence-corrected chi connectivity index (χ0v) is 15.2. The van der Waals surface area contributed by atoms with Crippen LogP contribution in [-0.2, 0) is 5.54 Å². The molecule has 26 heavy (non-hydrogen) atoms. The summed E-state index contributed by atoms with van der Waals surface area (Å²) in [5.74, 6) is 0.223. The van der Waals surface area contributed by atoms with Crippen LogP contribution in [0.25, 0.3) is 0 Å². The van der Waals surface area contributed by atoms with Crippen molar-refractivity contribution in [1.82, 2.24) is 4.98 Å². The number of benzene rings is 1. The molecule has 4 rings (SSSR count). The van der Waals surface area contributed by atoms with Gasteiger partial charge in [0.2, 0.25) is 0 Å². The van der Waals surface area contributed by atoms with E-state index >= 15 is 0 Å². The molecule has 1 fully saturated rings. The summed E-state index contributed by atoms with van der Waals surface area (Å²) < 4.78 is 19.5. The van der Waals surface area contributed by atoms with E-state index in [-0.39, 0.29) is 22.8 Å². The van der Waals surface area contributed by atoms with Gasteiger partial charge in [-0.1, -0.05) is 18.2 Å². The van der Waals surface area contributed by atoms with E-state index in [1.54, 1.807) is 6.07 Å². The smallest absolute Gasteiger partial charge is 0.292 e. The largest absolute Gasteiger partial charge is 0.435 e. The highest BCUT2D eigenvalue weighted by Crippen LogP contribution is 2.51. The van der Waals surface area contributed by atoms with Gasteiger partial charge in [0, 0.05) is 17.0 Å². The lowest BCUT2D eigenvalue weighted by Gasteiger charge is -2.36. The molecule has 9 heteroatoms. The van der Waals surface area contributed by atoms with Gasteiger partial charge in [0.25, 0.3) is 11.3 Å². The summed E-state index contributed by atoms with van der Waals surface area (Å²) in [4.78, 5) is 20.7. The van der Waals surface area contributed by atoms with Crippen LogP contribution in [0.2, 0.25) is 5.35 Å². The number of nitrogens with two attached hydrogens (primary N) is 1. The number of amidine groups is 1. The van der Waals surface area contributed by atoms with Crippen LogP contribution in [0.5, 0.6) is 0 Å². The van der Waals surface area contributed by atoms with Crippen molar-refractivity contribution < 1.29 is 13.6 Å². The summed E-state index contributed by atoms with van der Waals surface area (Å²) in [7, 11) is 0. The van der Waals surface area contributed by atoms with Crippen LogP contribution in [0, 0.1) is 11.7 Å². The molecule has 0 unspecified atom stereocenters. The minimum Gasteiger partial charge on any atom is -0.435 e. The predicted octanol–water partition coefficient (Wildman–Crippen LogP) is 3.78. The van der Waals surface area contributed by atoms with Crippen molar-refractivity contribution in [3.63, 3.8) is 0 Å². The van der Waals surface area contributed by atoms with Crippen LogP contribution in [0.4, 0.5) is 10.1 Å². The fourth-order valence-electron chi connectivity index (χ4n) is 3.75. The van der Waals surface area contributed by atoms with E-state index in [1.807, 2.05) is 0 Å². The van der Waals surface area contributed by atoms with E-state index in [0.717, 1.165) is 31.3 Å². The molecule has 2 heterocycles. The molecular formula is C17H16ClFN4O2S. The minimum absolute atomic E-state index is 0.0501. The van der Waals surface area contributed by atoms with E-state index in [1.165, 1.54) is 23.9 Å². The highest BCUT2D eigenvalue weighted by Gasteiger charge is 2.48. The summed E-state index contributed by atoms with van der Waals surface area (Å²) >= 11 is 7.11. The van der Waals surface area contributed by atoms with Gasteiger partial charge in [-0.15, -0.1) is 0 Å². The standard InChI is InChI=1S/C17H16ClFN4O2S/c18-15-22-13(7-25-15)14(24)21-10-3-4-12(19)11(6-10)17-5-1-2-9(17)8-26-16(20)23-17/h3-4,6-7,9H,1-2,5,8H2,(H2,20,23)(H,21,24)/t9-,17-/m0/s1. The Labute approximate surface area is 158 Å². The van der Waals surface area contributed by atoms with Gasteiger partial charge in [0.05, 0.1) is 5.54 Å². The number of aliphatic imine (C=N–C) groups is 1. The lowest BCUT2D eigenvalue weighted by Crippen LogP contribution is -2.37. The van der Waals surface area contributed by atoms with Gasteiger partial charge in [0.15, 0.2) is 10.9 Å². The predicted molar refractivity (Wildman–Crippen MR) is 99.0 cm³/mol. The summed E-state index contributed by atoms with van der Waals surface area (Å²) in [5, 5.41) is 3.06. The number of nitrogens with one attached hydrogen (secondary N) is 1. The summed E-state index contributed by atoms with van der Waals surface area (Å²) in [5.41, 5.74) is 6.27. The van der Waals surface area contributed by atoms with Crippen molar-refractivity contribution in [2.45, 2.75) is 24.8 Å². The van der Waals surface area contributed by atoms with E-state index in [2.05, 4.69) is 15.3 Å². The number of rotatable bonds is 3. The Morgan fingerprint density at radius 3 is 3.12 bits per heavy atom. The number of carbonyl (C=O) groups excluding carboxylic acids is 1. The lowest BCUT2D eigenvalue weighted by atomic mass is 9.81. The summed E-state index contributed by atoms with van der Waals surface area (Å²) in [6.45, 7) is 0. The Bertz CT molecular complexity index is 903. The van der Waals surface area contributed by atoms with Gasteiger partial charge < -0.3 is 15.5 Å². The molecule has 2 aromatic rings. The first-order valence-electron chi connectivity index (χ1n) is 8.18. The average molecular weight is 395 g/mol. The van der Waals surface area contributed by atoms with E-state index in [9.17, 15) is 9.18 Å². The first-order valence-corrected chi connectivity index (χ1v) is 9.55. The second-order valence-electron chi connectivity index (χ2n) is 6.41. The molecule has 2 atom stereocenters. The number of amides is 1. The Hall–Kier alpha value is -2.06. The fourth-order valence-corrected chi connectivity index (χ4v) is 4.92. The topological polar surface area (TPSA) is 93.5 Å². The average Bonchev–Trinajstić information content (AvgIpc) is 3.23. The van der Waals surface area contributed by atoms with Gasteiger partial charge in [0.1, 0.15) is 12.1 Å². The van der Waals surface area contributed by atoms with E-state index in [0.29, 0.717) is 16.4 Å². The van der Waals surface area contributed by atoms with Gasteiger partial charge in [-0.2, -0.15) is 4.98 Å². The number of thioether (sulfide) groups is 1. The Morgan fingerprint density at radius 2 is 2.35 bits per heavy atom. The zero-order chi connectivity index (χ0) is 18.3. The Balaban J connectivity index is 1.68. The monoisotopic (exact) mass is 394 g/mol. The van der Waals surface area contributed by atoms with Crippen LogP contribution in [0.15, 0.2) is 33.9 Å². The van der Waals surface area contributed by atoms with Gasteiger partial charge in [-0.3, -0.25) is 9.79 Å². The quantitative estimate of drug-likeness (QED) is 0.826. The fraction of sp³-hybridized carbons (Fsp3) is 0.353. The first-order chi connectivity index (χ1) is 12.5. The molecule has 1 aliphatic heterocycles. The van der Waals surface area contributed by atoms with Crippen molar-refractivity contribution in [2.24, 2.45) is 16.6 Å². The molecule has 0 saturated heterocycles. The van der Waals surface area contributed by atoms with Gasteiger partial charge in [-0.05, 0) is 48.6 Å². The van der Waals surface area contributed by atoms with Gasteiger partial charge in [-0.25, -0.2) is 4.39 Å². The molecule has 0 radical (unpaired) electrons. The highest BCUT2D eigenvalue weighted by atomic mass is 35.5. The van der Waals surface area contributed by atoms with Crippen molar-refractivity contribution in [3.05, 3.63) is 46.9 Å². The third-order valence-corrected chi connectivity index (χ3v) is 6.06. The number of hydrogen-bond donors (Lipinski definition) is 2. The normalized spacial score (nSPS) is 24.8. The van der Waals surface area contributed by atoms with Crippen LogP contribution in [0.3, 0.4) is 0 Å². The first kappa shape index (κ1) is 17.4. The number of nitrogens with zero attached hydrogens (tertiary/aromatic N) is 2. The van der Waals surface area contributed by atoms with Crippen LogP contribution in [-0.4, -0.2) is 21.8 Å². The Morgan fingerprint density at radius 1 is 1.50 bits per heavy atom. The SMILES string of the molecule is NC1=N[C@@]2(c3cc(NC(=O)c4coc(Cl)n4)ccc3F)CCC[C@H]2CS1. The molecule has 136 valence electrons. The van der Waals surface area contributed by atoms with Gasteiger partial charge >= 0.3 is 0 Å². The van der Waals surface area contributed by atoms with Crippen molar-refractivity contribution in [1.29, 1.82) is 0 Å². The van der Waals surface area contributed by atoms with Crippen LogP contribution in [0.1, 0.15) is 35.3 Å². The molecule has 1 aliphatic carbocycles. The van der Waals surface area contributed by atoms with Crippen LogP contribution < -0.4 is 11.1 Å². The third-order valence-electron chi connectivity index (χ3n) is 4.93. The molecule has 1 aromatic carbocycles. The number of fused-ring (bicyclic) bond motifs is 1. The maximum Gasteiger partial charge on any atom is 0.292 e. The minimum atomic E-state index is -0.655. The number of halogens is 2. The lowest BCUT2D eigenvalue weighted by molar-refractivity contribution is 0.102. The molecule has 3 N–H and O–H groups in total. The molecule has 6 nitrogen and oxygen atoms in total.